The Morgan fingerprint density at radius 3 is 2.54 bits per heavy atom. The predicted molar refractivity (Wildman–Crippen MR) is 110 cm³/mol. The molecule has 1 saturated heterocycles. The Balaban J connectivity index is 1.44. The van der Waals surface area contributed by atoms with Crippen molar-refractivity contribution in [3.05, 3.63) is 40.9 Å². The van der Waals surface area contributed by atoms with Crippen molar-refractivity contribution in [2.45, 2.75) is 63.5 Å². The minimum atomic E-state index is -0.163. The van der Waals surface area contributed by atoms with Crippen LogP contribution in [0.15, 0.2) is 35.4 Å². The molecule has 1 aromatic carbocycles. The average Bonchev–Trinajstić information content (AvgIpc) is 2.76. The van der Waals surface area contributed by atoms with Gasteiger partial charge in [-0.1, -0.05) is 37.8 Å². The lowest BCUT2D eigenvalue weighted by atomic mass is 9.79. The van der Waals surface area contributed by atoms with Crippen LogP contribution in [0.1, 0.15) is 51.4 Å². The lowest BCUT2D eigenvalue weighted by Gasteiger charge is -2.48. The molecule has 1 N–H and O–H groups in total. The number of fused-ring (bicyclic) bond motifs is 1. The molecule has 0 unspecified atom stereocenters. The topological polar surface area (TPSA) is 67.2 Å². The molecule has 150 valence electrons. The van der Waals surface area contributed by atoms with Crippen LogP contribution >= 0.6 is 0 Å². The lowest BCUT2D eigenvalue weighted by Crippen LogP contribution is -2.58. The summed E-state index contributed by atoms with van der Waals surface area (Å²) in [6, 6.07) is 7.25. The van der Waals surface area contributed by atoms with Gasteiger partial charge in [0.1, 0.15) is 6.54 Å². The molecule has 1 amide bonds. The van der Waals surface area contributed by atoms with Gasteiger partial charge in [-0.25, -0.2) is 4.98 Å². The molecule has 6 heteroatoms. The minimum Gasteiger partial charge on any atom is -0.353 e. The van der Waals surface area contributed by atoms with Gasteiger partial charge in [-0.3, -0.25) is 19.1 Å². The van der Waals surface area contributed by atoms with Gasteiger partial charge in [-0.15, -0.1) is 0 Å². The Hall–Kier alpha value is -2.21. The monoisotopic (exact) mass is 382 g/mol. The first-order valence-electron chi connectivity index (χ1n) is 10.6. The SMILES string of the molecule is O=C(Cn1cnc2ccccc2c1=O)NCC1(N2CCCCC2)CCCCC1. The van der Waals surface area contributed by atoms with E-state index in [1.165, 1.54) is 49.4 Å². The first-order valence-corrected chi connectivity index (χ1v) is 10.6. The Morgan fingerprint density at radius 1 is 1.04 bits per heavy atom. The first-order chi connectivity index (χ1) is 13.7. The number of carbonyl (C=O) groups is 1. The third kappa shape index (κ3) is 3.97. The van der Waals surface area contributed by atoms with E-state index in [4.69, 9.17) is 0 Å². The molecular weight excluding hydrogens is 352 g/mol. The van der Waals surface area contributed by atoms with E-state index in [2.05, 4.69) is 15.2 Å². The third-order valence-electron chi connectivity index (χ3n) is 6.47. The molecule has 1 saturated carbocycles. The summed E-state index contributed by atoms with van der Waals surface area (Å²) in [7, 11) is 0. The fourth-order valence-corrected chi connectivity index (χ4v) is 4.88. The normalized spacial score (nSPS) is 20.1. The first kappa shape index (κ1) is 19.1. The third-order valence-corrected chi connectivity index (χ3v) is 6.47. The summed E-state index contributed by atoms with van der Waals surface area (Å²) in [5, 5.41) is 3.70. The second-order valence-electron chi connectivity index (χ2n) is 8.30. The zero-order valence-electron chi connectivity index (χ0n) is 16.5. The van der Waals surface area contributed by atoms with Crippen LogP contribution in [-0.2, 0) is 11.3 Å². The largest absolute Gasteiger partial charge is 0.353 e. The number of aromatic nitrogens is 2. The van der Waals surface area contributed by atoms with E-state index in [0.717, 1.165) is 25.9 Å². The molecule has 0 bridgehead atoms. The van der Waals surface area contributed by atoms with Gasteiger partial charge in [-0.05, 0) is 50.9 Å². The molecular formula is C22H30N4O2. The van der Waals surface area contributed by atoms with E-state index < -0.39 is 0 Å². The van der Waals surface area contributed by atoms with Crippen molar-refractivity contribution in [3.8, 4) is 0 Å². The average molecular weight is 383 g/mol. The van der Waals surface area contributed by atoms with Crippen LogP contribution in [0, 0.1) is 0 Å². The molecule has 0 atom stereocenters. The number of piperidine rings is 1. The van der Waals surface area contributed by atoms with Gasteiger partial charge in [0.05, 0.1) is 17.2 Å². The van der Waals surface area contributed by atoms with E-state index >= 15 is 0 Å². The highest BCUT2D eigenvalue weighted by Crippen LogP contribution is 2.35. The Bertz CT molecular complexity index is 879. The molecule has 28 heavy (non-hydrogen) atoms. The number of nitrogens with one attached hydrogen (secondary N) is 1. The van der Waals surface area contributed by atoms with Gasteiger partial charge in [0.25, 0.3) is 5.56 Å². The summed E-state index contributed by atoms with van der Waals surface area (Å²) in [5.74, 6) is -0.110. The Labute approximate surface area is 165 Å². The van der Waals surface area contributed by atoms with Gasteiger partial charge in [0, 0.05) is 12.1 Å². The van der Waals surface area contributed by atoms with E-state index in [9.17, 15) is 9.59 Å². The number of likely N-dealkylation sites (tertiary alicyclic amines) is 1. The molecule has 2 fully saturated rings. The second-order valence-corrected chi connectivity index (χ2v) is 8.30. The molecule has 0 spiro atoms. The van der Waals surface area contributed by atoms with Gasteiger partial charge < -0.3 is 5.32 Å². The Morgan fingerprint density at radius 2 is 1.75 bits per heavy atom. The maximum atomic E-state index is 12.7. The van der Waals surface area contributed by atoms with Gasteiger partial charge in [0.15, 0.2) is 0 Å². The van der Waals surface area contributed by atoms with Crippen molar-refractivity contribution in [1.82, 2.24) is 19.8 Å². The number of amides is 1. The quantitative estimate of drug-likeness (QED) is 0.863. The van der Waals surface area contributed by atoms with Crippen LogP contribution in [0.3, 0.4) is 0 Å². The molecule has 2 aliphatic rings. The molecule has 1 aliphatic heterocycles. The number of hydrogen-bond acceptors (Lipinski definition) is 4. The summed E-state index contributed by atoms with van der Waals surface area (Å²) < 4.78 is 1.41. The van der Waals surface area contributed by atoms with Crippen LogP contribution in [0.25, 0.3) is 10.9 Å². The molecule has 1 aromatic heterocycles. The smallest absolute Gasteiger partial charge is 0.261 e. The fraction of sp³-hybridized carbons (Fsp3) is 0.591. The van der Waals surface area contributed by atoms with Gasteiger partial charge >= 0.3 is 0 Å². The molecule has 1 aliphatic carbocycles. The van der Waals surface area contributed by atoms with E-state index in [1.807, 2.05) is 18.2 Å². The lowest BCUT2D eigenvalue weighted by molar-refractivity contribution is -0.122. The zero-order valence-corrected chi connectivity index (χ0v) is 16.5. The van der Waals surface area contributed by atoms with E-state index in [-0.39, 0.29) is 23.6 Å². The maximum Gasteiger partial charge on any atom is 0.261 e. The highest BCUT2D eigenvalue weighted by atomic mass is 16.2. The van der Waals surface area contributed by atoms with Crippen molar-refractivity contribution < 1.29 is 4.79 Å². The van der Waals surface area contributed by atoms with Crippen molar-refractivity contribution in [2.75, 3.05) is 19.6 Å². The van der Waals surface area contributed by atoms with E-state index in [1.54, 1.807) is 6.07 Å². The maximum absolute atomic E-state index is 12.7. The summed E-state index contributed by atoms with van der Waals surface area (Å²) >= 11 is 0. The minimum absolute atomic E-state index is 0.0206. The number of nitrogens with zero attached hydrogens (tertiary/aromatic N) is 3. The number of para-hydroxylation sites is 1. The number of carbonyl (C=O) groups excluding carboxylic acids is 1. The van der Waals surface area contributed by atoms with Crippen molar-refractivity contribution in [3.63, 3.8) is 0 Å². The van der Waals surface area contributed by atoms with E-state index in [0.29, 0.717) is 17.4 Å². The standard InChI is InChI=1S/C22H30N4O2/c27-20(15-25-17-24-19-10-4-3-9-18(19)21(25)28)23-16-22(11-5-1-6-12-22)26-13-7-2-8-14-26/h3-4,9-10,17H,1-2,5-8,11-16H2,(H,23,27). The zero-order chi connectivity index (χ0) is 19.4. The fourth-order valence-electron chi connectivity index (χ4n) is 4.88. The van der Waals surface area contributed by atoms with Crippen LogP contribution < -0.4 is 10.9 Å². The summed E-state index contributed by atoms with van der Waals surface area (Å²) in [6.45, 7) is 2.99. The number of hydrogen-bond donors (Lipinski definition) is 1. The Kier molecular flexibility index (Phi) is 5.76. The second kappa shape index (κ2) is 8.43. The van der Waals surface area contributed by atoms with Crippen molar-refractivity contribution in [1.29, 1.82) is 0 Å². The molecule has 2 heterocycles. The van der Waals surface area contributed by atoms with Gasteiger partial charge in [-0.2, -0.15) is 0 Å². The van der Waals surface area contributed by atoms with Crippen LogP contribution in [0.5, 0.6) is 0 Å². The molecule has 6 nitrogen and oxygen atoms in total. The van der Waals surface area contributed by atoms with Crippen LogP contribution in [0.2, 0.25) is 0 Å². The molecule has 0 radical (unpaired) electrons. The highest BCUT2D eigenvalue weighted by molar-refractivity contribution is 5.78. The van der Waals surface area contributed by atoms with Crippen LogP contribution in [-0.4, -0.2) is 45.5 Å². The predicted octanol–water partition coefficient (Wildman–Crippen LogP) is 2.70. The molecule has 4 rings (SSSR count). The van der Waals surface area contributed by atoms with Crippen molar-refractivity contribution >= 4 is 16.8 Å². The van der Waals surface area contributed by atoms with Gasteiger partial charge in [0.2, 0.25) is 5.91 Å². The van der Waals surface area contributed by atoms with Crippen LogP contribution in [0.4, 0.5) is 0 Å². The summed E-state index contributed by atoms with van der Waals surface area (Å²) in [4.78, 5) is 32.2. The van der Waals surface area contributed by atoms with Crippen molar-refractivity contribution in [2.24, 2.45) is 0 Å². The number of rotatable bonds is 5. The molecule has 2 aromatic rings. The summed E-state index contributed by atoms with van der Waals surface area (Å²) in [6.07, 6.45) is 11.4. The highest BCUT2D eigenvalue weighted by Gasteiger charge is 2.38. The number of benzene rings is 1. The summed E-state index contributed by atoms with van der Waals surface area (Å²) in [5.41, 5.74) is 0.598.